The maximum Gasteiger partial charge on any atom is 0.266 e. The van der Waals surface area contributed by atoms with E-state index in [0.717, 1.165) is 5.56 Å². The van der Waals surface area contributed by atoms with Crippen molar-refractivity contribution in [1.82, 2.24) is 0 Å². The van der Waals surface area contributed by atoms with Crippen LogP contribution in [0.15, 0.2) is 66.7 Å². The van der Waals surface area contributed by atoms with Crippen LogP contribution in [0.1, 0.15) is 26.3 Å². The summed E-state index contributed by atoms with van der Waals surface area (Å²) < 4.78 is 5.77. The van der Waals surface area contributed by atoms with Crippen molar-refractivity contribution in [2.45, 2.75) is 6.92 Å². The number of hydrogen-bond acceptors (Lipinski definition) is 4. The minimum absolute atomic E-state index is 0.321. The van der Waals surface area contributed by atoms with Crippen molar-refractivity contribution >= 4 is 23.2 Å². The lowest BCUT2D eigenvalue weighted by Crippen LogP contribution is -2.29. The standard InChI is InChI=1S/C21H16N2O3/c1-13-4-2-3-5-19(13)23-20(24)17-11-10-16(12-18(17)21(23)25)26-15-8-6-14(22)7-9-15/h2-12H,22H2,1H3. The lowest BCUT2D eigenvalue weighted by molar-refractivity contribution is 0.0926. The van der Waals surface area contributed by atoms with E-state index >= 15 is 0 Å². The van der Waals surface area contributed by atoms with E-state index in [1.165, 1.54) is 4.90 Å². The molecule has 1 aliphatic heterocycles. The van der Waals surface area contributed by atoms with E-state index in [-0.39, 0.29) is 11.8 Å². The number of carbonyl (C=O) groups is 2. The Morgan fingerprint density at radius 1 is 0.808 bits per heavy atom. The molecule has 0 bridgehead atoms. The van der Waals surface area contributed by atoms with E-state index in [0.29, 0.717) is 34.0 Å². The fraction of sp³-hybridized carbons (Fsp3) is 0.0476. The van der Waals surface area contributed by atoms with Crippen LogP contribution in [0, 0.1) is 6.92 Å². The second-order valence-electron chi connectivity index (χ2n) is 6.11. The van der Waals surface area contributed by atoms with Crippen molar-refractivity contribution in [1.29, 1.82) is 0 Å². The van der Waals surface area contributed by atoms with Gasteiger partial charge in [0, 0.05) is 5.69 Å². The van der Waals surface area contributed by atoms with Crippen LogP contribution < -0.4 is 15.4 Å². The van der Waals surface area contributed by atoms with Crippen molar-refractivity contribution in [2.24, 2.45) is 0 Å². The molecule has 0 radical (unpaired) electrons. The summed E-state index contributed by atoms with van der Waals surface area (Å²) in [5.41, 5.74) is 8.48. The average Bonchev–Trinajstić information content (AvgIpc) is 2.88. The first kappa shape index (κ1) is 15.9. The molecule has 4 rings (SSSR count). The summed E-state index contributed by atoms with van der Waals surface area (Å²) >= 11 is 0. The Morgan fingerprint density at radius 2 is 1.46 bits per heavy atom. The SMILES string of the molecule is Cc1ccccc1N1C(=O)c2ccc(Oc3ccc(N)cc3)cc2C1=O. The van der Waals surface area contributed by atoms with Crippen molar-refractivity contribution in [2.75, 3.05) is 10.6 Å². The first-order valence-corrected chi connectivity index (χ1v) is 8.16. The number of hydrogen-bond donors (Lipinski definition) is 1. The number of anilines is 2. The second-order valence-corrected chi connectivity index (χ2v) is 6.11. The number of carbonyl (C=O) groups excluding carboxylic acids is 2. The van der Waals surface area contributed by atoms with Gasteiger partial charge in [-0.1, -0.05) is 18.2 Å². The van der Waals surface area contributed by atoms with Crippen molar-refractivity contribution < 1.29 is 14.3 Å². The van der Waals surface area contributed by atoms with Crippen LogP contribution >= 0.6 is 0 Å². The van der Waals surface area contributed by atoms with Crippen molar-refractivity contribution in [3.63, 3.8) is 0 Å². The zero-order valence-corrected chi connectivity index (χ0v) is 14.1. The molecule has 0 saturated carbocycles. The van der Waals surface area contributed by atoms with Crippen molar-refractivity contribution in [3.05, 3.63) is 83.4 Å². The number of amides is 2. The first-order valence-electron chi connectivity index (χ1n) is 8.16. The Bertz CT molecular complexity index is 1030. The van der Waals surface area contributed by atoms with E-state index in [2.05, 4.69) is 0 Å². The van der Waals surface area contributed by atoms with Crippen LogP contribution in [0.25, 0.3) is 0 Å². The second kappa shape index (κ2) is 6.04. The molecule has 2 N–H and O–H groups in total. The quantitative estimate of drug-likeness (QED) is 0.572. The predicted octanol–water partition coefficient (Wildman–Crippen LogP) is 4.17. The Kier molecular flexibility index (Phi) is 3.69. The molecule has 5 heteroatoms. The van der Waals surface area contributed by atoms with E-state index in [9.17, 15) is 9.59 Å². The summed E-state index contributed by atoms with van der Waals surface area (Å²) in [5, 5.41) is 0. The van der Waals surface area contributed by atoms with E-state index < -0.39 is 0 Å². The number of rotatable bonds is 3. The van der Waals surface area contributed by atoms with Gasteiger partial charge in [-0.3, -0.25) is 9.59 Å². The molecular weight excluding hydrogens is 328 g/mol. The minimum Gasteiger partial charge on any atom is -0.457 e. The zero-order valence-electron chi connectivity index (χ0n) is 14.1. The van der Waals surface area contributed by atoms with E-state index in [1.54, 1.807) is 48.5 Å². The van der Waals surface area contributed by atoms with Gasteiger partial charge in [-0.15, -0.1) is 0 Å². The summed E-state index contributed by atoms with van der Waals surface area (Å²) in [6.07, 6.45) is 0. The molecule has 0 saturated heterocycles. The monoisotopic (exact) mass is 344 g/mol. The Morgan fingerprint density at radius 3 is 2.19 bits per heavy atom. The molecule has 2 amide bonds. The molecule has 26 heavy (non-hydrogen) atoms. The highest BCUT2D eigenvalue weighted by molar-refractivity contribution is 6.34. The summed E-state index contributed by atoms with van der Waals surface area (Å²) in [6, 6.07) is 19.2. The van der Waals surface area contributed by atoms with Crippen LogP contribution in [-0.2, 0) is 0 Å². The predicted molar refractivity (Wildman–Crippen MR) is 99.7 cm³/mol. The molecule has 1 aliphatic rings. The van der Waals surface area contributed by atoms with Gasteiger partial charge in [0.1, 0.15) is 11.5 Å². The summed E-state index contributed by atoms with van der Waals surface area (Å²) in [6.45, 7) is 1.87. The number of benzene rings is 3. The van der Waals surface area contributed by atoms with Crippen LogP contribution in [-0.4, -0.2) is 11.8 Å². The van der Waals surface area contributed by atoms with Gasteiger partial charge in [0.15, 0.2) is 0 Å². The lowest BCUT2D eigenvalue weighted by atomic mass is 10.1. The highest BCUT2D eigenvalue weighted by Gasteiger charge is 2.37. The third kappa shape index (κ3) is 2.59. The van der Waals surface area contributed by atoms with E-state index in [1.807, 2.05) is 25.1 Å². The van der Waals surface area contributed by atoms with Gasteiger partial charge in [0.05, 0.1) is 16.8 Å². The molecule has 128 valence electrons. The Hall–Kier alpha value is -3.60. The van der Waals surface area contributed by atoms with E-state index in [4.69, 9.17) is 10.5 Å². The number of aryl methyl sites for hydroxylation is 1. The van der Waals surface area contributed by atoms with Crippen LogP contribution in [0.3, 0.4) is 0 Å². The molecule has 0 atom stereocenters. The molecule has 0 aliphatic carbocycles. The highest BCUT2D eigenvalue weighted by atomic mass is 16.5. The van der Waals surface area contributed by atoms with Crippen LogP contribution in [0.5, 0.6) is 11.5 Å². The number of para-hydroxylation sites is 1. The lowest BCUT2D eigenvalue weighted by Gasteiger charge is -2.16. The average molecular weight is 344 g/mol. The van der Waals surface area contributed by atoms with Gasteiger partial charge in [-0.2, -0.15) is 0 Å². The molecule has 3 aromatic carbocycles. The smallest absolute Gasteiger partial charge is 0.266 e. The first-order chi connectivity index (χ1) is 12.5. The summed E-state index contributed by atoms with van der Waals surface area (Å²) in [7, 11) is 0. The third-order valence-corrected chi connectivity index (χ3v) is 4.33. The number of ether oxygens (including phenoxy) is 1. The topological polar surface area (TPSA) is 72.6 Å². The van der Waals surface area contributed by atoms with Gasteiger partial charge in [-0.05, 0) is 61.0 Å². The van der Waals surface area contributed by atoms with Crippen LogP contribution in [0.2, 0.25) is 0 Å². The Balaban J connectivity index is 1.68. The maximum atomic E-state index is 12.8. The molecule has 0 unspecified atom stereocenters. The molecular formula is C21H16N2O3. The van der Waals surface area contributed by atoms with Gasteiger partial charge >= 0.3 is 0 Å². The normalized spacial score (nSPS) is 13.0. The largest absolute Gasteiger partial charge is 0.457 e. The van der Waals surface area contributed by atoms with Gasteiger partial charge in [0.25, 0.3) is 11.8 Å². The fourth-order valence-corrected chi connectivity index (χ4v) is 2.99. The van der Waals surface area contributed by atoms with Gasteiger partial charge in [-0.25, -0.2) is 4.90 Å². The number of nitrogens with two attached hydrogens (primary N) is 1. The van der Waals surface area contributed by atoms with Crippen molar-refractivity contribution in [3.8, 4) is 11.5 Å². The number of nitrogens with zero attached hydrogens (tertiary/aromatic N) is 1. The number of imide groups is 1. The van der Waals surface area contributed by atoms with Gasteiger partial charge < -0.3 is 10.5 Å². The molecule has 0 aromatic heterocycles. The third-order valence-electron chi connectivity index (χ3n) is 4.33. The van der Waals surface area contributed by atoms with Crippen LogP contribution in [0.4, 0.5) is 11.4 Å². The van der Waals surface area contributed by atoms with Gasteiger partial charge in [0.2, 0.25) is 0 Å². The fourth-order valence-electron chi connectivity index (χ4n) is 2.99. The molecule has 5 nitrogen and oxygen atoms in total. The highest BCUT2D eigenvalue weighted by Crippen LogP contribution is 2.33. The zero-order chi connectivity index (χ0) is 18.3. The summed E-state index contributed by atoms with van der Waals surface area (Å²) in [5.74, 6) is 0.424. The molecule has 3 aromatic rings. The molecule has 0 spiro atoms. The minimum atomic E-state index is -0.345. The maximum absolute atomic E-state index is 12.8. The molecule has 1 heterocycles. The molecule has 0 fully saturated rings. The number of nitrogen functional groups attached to an aromatic ring is 1. The summed E-state index contributed by atoms with van der Waals surface area (Å²) in [4.78, 5) is 26.8. The Labute approximate surface area is 150 Å². The number of fused-ring (bicyclic) bond motifs is 1.